The Morgan fingerprint density at radius 1 is 1.32 bits per heavy atom. The van der Waals surface area contributed by atoms with Gasteiger partial charge in [0.25, 0.3) is 0 Å². The van der Waals surface area contributed by atoms with Gasteiger partial charge in [0.1, 0.15) is 0 Å². The van der Waals surface area contributed by atoms with Crippen LogP contribution in [0.3, 0.4) is 0 Å². The van der Waals surface area contributed by atoms with E-state index in [-0.39, 0.29) is 17.7 Å². The van der Waals surface area contributed by atoms with E-state index in [1.165, 1.54) is 6.20 Å². The Hall–Kier alpha value is -2.01. The summed E-state index contributed by atoms with van der Waals surface area (Å²) in [4.78, 5) is 8.32. The summed E-state index contributed by atoms with van der Waals surface area (Å²) in [5.41, 5.74) is 9.41. The number of hydrogen-bond acceptors (Lipinski definition) is 5. The van der Waals surface area contributed by atoms with Gasteiger partial charge in [0.05, 0.1) is 16.9 Å². The van der Waals surface area contributed by atoms with Gasteiger partial charge in [0, 0.05) is 11.3 Å². The molecule has 116 valence electrons. The topological polar surface area (TPSA) is 81.3 Å². The van der Waals surface area contributed by atoms with E-state index in [1.54, 1.807) is 6.07 Å². The second kappa shape index (κ2) is 5.65. The molecule has 1 aliphatic carbocycles. The summed E-state index contributed by atoms with van der Waals surface area (Å²) in [6.07, 6.45) is 4.19. The zero-order valence-corrected chi connectivity index (χ0v) is 13.3. The first-order chi connectivity index (χ1) is 10.5. The fraction of sp³-hybridized carbons (Fsp3) is 0.375. The lowest BCUT2D eigenvalue weighted by atomic mass is 10.1. The van der Waals surface area contributed by atoms with Crippen LogP contribution in [0.15, 0.2) is 12.3 Å². The number of halogens is 1. The van der Waals surface area contributed by atoms with Gasteiger partial charge >= 0.3 is 6.01 Å². The molecule has 3 rings (SSSR count). The summed E-state index contributed by atoms with van der Waals surface area (Å²) >= 11 is 6.29. The van der Waals surface area contributed by atoms with Gasteiger partial charge < -0.3 is 15.6 Å². The van der Waals surface area contributed by atoms with Crippen LogP contribution in [0, 0.1) is 0 Å². The second-order valence-corrected chi connectivity index (χ2v) is 6.17. The fourth-order valence-corrected chi connectivity index (χ4v) is 3.06. The highest BCUT2D eigenvalue weighted by Crippen LogP contribution is 2.41. The highest BCUT2D eigenvalue weighted by atomic mass is 35.5. The maximum Gasteiger partial charge on any atom is 0.322 e. The third-order valence-electron chi connectivity index (χ3n) is 3.86. The Morgan fingerprint density at radius 3 is 2.77 bits per heavy atom. The van der Waals surface area contributed by atoms with Crippen molar-refractivity contribution >= 4 is 17.3 Å². The second-order valence-electron chi connectivity index (χ2n) is 5.77. The lowest BCUT2D eigenvalue weighted by molar-refractivity contribution is 0.414. The smallest absolute Gasteiger partial charge is 0.322 e. The van der Waals surface area contributed by atoms with Crippen LogP contribution in [0.2, 0.25) is 5.02 Å². The molecule has 0 atom stereocenters. The zero-order valence-electron chi connectivity index (χ0n) is 12.6. The van der Waals surface area contributed by atoms with Crippen LogP contribution in [0.5, 0.6) is 17.5 Å². The fourth-order valence-electron chi connectivity index (χ4n) is 2.79. The van der Waals surface area contributed by atoms with Gasteiger partial charge in [-0.1, -0.05) is 25.4 Å². The molecule has 1 aliphatic rings. The minimum atomic E-state index is 0.0657. The SMILES string of the molecule is CC(C)c1nc(Oc2c(Cl)cc(N)c3c2CCC3)ncc1O. The number of hydrogen-bond donors (Lipinski definition) is 2. The molecule has 1 aromatic carbocycles. The summed E-state index contributed by atoms with van der Waals surface area (Å²) in [7, 11) is 0. The van der Waals surface area contributed by atoms with Gasteiger partial charge in [-0.25, -0.2) is 0 Å². The molecule has 2 aromatic rings. The number of aromatic hydroxyl groups is 1. The number of nitrogen functional groups attached to an aromatic ring is 1. The Labute approximate surface area is 134 Å². The Kier molecular flexibility index (Phi) is 3.83. The first kappa shape index (κ1) is 14.9. The molecule has 1 aromatic heterocycles. The van der Waals surface area contributed by atoms with Crippen LogP contribution in [0.1, 0.15) is 43.0 Å². The van der Waals surface area contributed by atoms with Crippen molar-refractivity contribution in [2.24, 2.45) is 0 Å². The van der Waals surface area contributed by atoms with E-state index < -0.39 is 0 Å². The number of fused-ring (bicyclic) bond motifs is 1. The Balaban J connectivity index is 2.01. The van der Waals surface area contributed by atoms with Gasteiger partial charge in [-0.3, -0.25) is 0 Å². The van der Waals surface area contributed by atoms with Crippen molar-refractivity contribution < 1.29 is 9.84 Å². The molecule has 0 radical (unpaired) electrons. The normalized spacial score (nSPS) is 13.5. The van der Waals surface area contributed by atoms with Gasteiger partial charge in [-0.05, 0) is 36.8 Å². The molecule has 3 N–H and O–H groups in total. The highest BCUT2D eigenvalue weighted by Gasteiger charge is 2.23. The first-order valence-corrected chi connectivity index (χ1v) is 7.68. The average molecular weight is 320 g/mol. The number of nitrogens with two attached hydrogens (primary N) is 1. The predicted molar refractivity (Wildman–Crippen MR) is 85.7 cm³/mol. The van der Waals surface area contributed by atoms with Crippen LogP contribution in [-0.4, -0.2) is 15.1 Å². The van der Waals surface area contributed by atoms with Crippen molar-refractivity contribution in [3.63, 3.8) is 0 Å². The lowest BCUT2D eigenvalue weighted by Gasteiger charge is -2.14. The third-order valence-corrected chi connectivity index (χ3v) is 4.14. The predicted octanol–water partition coefficient (Wildman–Crippen LogP) is 3.82. The van der Waals surface area contributed by atoms with Crippen molar-refractivity contribution in [2.75, 3.05) is 5.73 Å². The number of nitrogens with zero attached hydrogens (tertiary/aromatic N) is 2. The molecule has 0 unspecified atom stereocenters. The van der Waals surface area contributed by atoms with Crippen LogP contribution in [-0.2, 0) is 12.8 Å². The van der Waals surface area contributed by atoms with Crippen LogP contribution >= 0.6 is 11.6 Å². The molecule has 0 saturated heterocycles. The van der Waals surface area contributed by atoms with Crippen LogP contribution in [0.4, 0.5) is 5.69 Å². The van der Waals surface area contributed by atoms with E-state index in [4.69, 9.17) is 22.1 Å². The van der Waals surface area contributed by atoms with Crippen molar-refractivity contribution in [1.29, 1.82) is 0 Å². The zero-order chi connectivity index (χ0) is 15.9. The van der Waals surface area contributed by atoms with Crippen molar-refractivity contribution in [3.05, 3.63) is 34.1 Å². The van der Waals surface area contributed by atoms with E-state index in [9.17, 15) is 5.11 Å². The van der Waals surface area contributed by atoms with E-state index in [1.807, 2.05) is 13.8 Å². The molecule has 0 amide bonds. The summed E-state index contributed by atoms with van der Waals surface area (Å²) < 4.78 is 5.83. The molecular formula is C16H18ClN3O2. The monoisotopic (exact) mass is 319 g/mol. The first-order valence-electron chi connectivity index (χ1n) is 7.31. The van der Waals surface area contributed by atoms with Crippen molar-refractivity contribution in [3.8, 4) is 17.5 Å². The lowest BCUT2D eigenvalue weighted by Crippen LogP contribution is -2.02. The molecule has 6 heteroatoms. The minimum Gasteiger partial charge on any atom is -0.504 e. The average Bonchev–Trinajstić information content (AvgIpc) is 2.94. The number of aromatic nitrogens is 2. The van der Waals surface area contributed by atoms with E-state index in [2.05, 4.69) is 9.97 Å². The maximum absolute atomic E-state index is 9.79. The molecule has 0 fully saturated rings. The minimum absolute atomic E-state index is 0.0657. The number of anilines is 1. The number of benzene rings is 1. The van der Waals surface area contributed by atoms with Crippen molar-refractivity contribution in [2.45, 2.75) is 39.0 Å². The van der Waals surface area contributed by atoms with Crippen LogP contribution in [0.25, 0.3) is 0 Å². The van der Waals surface area contributed by atoms with Gasteiger partial charge in [0.2, 0.25) is 0 Å². The highest BCUT2D eigenvalue weighted by molar-refractivity contribution is 6.32. The summed E-state index contributed by atoms with van der Waals surface area (Å²) in [6.45, 7) is 3.89. The summed E-state index contributed by atoms with van der Waals surface area (Å²) in [5, 5.41) is 10.3. The molecule has 1 heterocycles. The molecular weight excluding hydrogens is 302 g/mol. The number of ether oxygens (including phenoxy) is 1. The van der Waals surface area contributed by atoms with Gasteiger partial charge in [0.15, 0.2) is 11.5 Å². The van der Waals surface area contributed by atoms with E-state index >= 15 is 0 Å². The van der Waals surface area contributed by atoms with Gasteiger partial charge in [-0.2, -0.15) is 9.97 Å². The summed E-state index contributed by atoms with van der Waals surface area (Å²) in [5.74, 6) is 0.706. The summed E-state index contributed by atoms with van der Waals surface area (Å²) in [6, 6.07) is 1.90. The Bertz CT molecular complexity index is 732. The van der Waals surface area contributed by atoms with Crippen LogP contribution < -0.4 is 10.5 Å². The standard InChI is InChI=1S/C16H18ClN3O2/c1-8(2)14-13(21)7-19-16(20-14)22-15-10-5-3-4-9(10)12(18)6-11(15)17/h6-8,21H,3-5,18H2,1-2H3. The van der Waals surface area contributed by atoms with Gasteiger partial charge in [-0.15, -0.1) is 0 Å². The number of rotatable bonds is 3. The van der Waals surface area contributed by atoms with E-state index in [0.29, 0.717) is 22.2 Å². The molecule has 0 aliphatic heterocycles. The van der Waals surface area contributed by atoms with Crippen molar-refractivity contribution in [1.82, 2.24) is 9.97 Å². The largest absolute Gasteiger partial charge is 0.504 e. The Morgan fingerprint density at radius 2 is 2.05 bits per heavy atom. The molecule has 0 saturated carbocycles. The molecule has 0 spiro atoms. The maximum atomic E-state index is 9.79. The quantitative estimate of drug-likeness (QED) is 0.840. The molecule has 22 heavy (non-hydrogen) atoms. The molecule has 5 nitrogen and oxygen atoms in total. The third kappa shape index (κ3) is 2.57. The molecule has 0 bridgehead atoms. The van der Waals surface area contributed by atoms with E-state index in [0.717, 1.165) is 30.4 Å².